The first-order valence-corrected chi connectivity index (χ1v) is 10.9. The minimum Gasteiger partial charge on any atom is -0.365 e. The van der Waals surface area contributed by atoms with Gasteiger partial charge in [-0.25, -0.2) is 0 Å². The van der Waals surface area contributed by atoms with Gasteiger partial charge in [0.2, 0.25) is 0 Å². The normalized spacial score (nSPS) is 27.2. The average molecular weight is 490 g/mol. The van der Waals surface area contributed by atoms with Crippen LogP contribution in [0.5, 0.6) is 0 Å². The van der Waals surface area contributed by atoms with Crippen molar-refractivity contribution in [2.24, 2.45) is 21.7 Å². The molecule has 0 amide bonds. The highest BCUT2D eigenvalue weighted by Gasteiger charge is 2.74. The molecule has 1 aliphatic rings. The fourth-order valence-electron chi connectivity index (χ4n) is 5.71. The van der Waals surface area contributed by atoms with Gasteiger partial charge in [0.25, 0.3) is 0 Å². The molecule has 1 fully saturated rings. The van der Waals surface area contributed by atoms with E-state index in [4.69, 9.17) is 0 Å². The van der Waals surface area contributed by atoms with E-state index in [9.17, 15) is 10.2 Å². The molecule has 1 atom stereocenters. The summed E-state index contributed by atoms with van der Waals surface area (Å²) in [6.07, 6.45) is 0.594. The van der Waals surface area contributed by atoms with E-state index in [0.717, 1.165) is 5.56 Å². The third-order valence-corrected chi connectivity index (χ3v) is 9.48. The predicted octanol–water partition coefficient (Wildman–Crippen LogP) is 6.45. The maximum atomic E-state index is 12.0. The fraction of sp³-hybridized carbons (Fsp3) is 0.727. The Hall–Kier alpha value is 0.1000. The lowest BCUT2D eigenvalue weighted by Gasteiger charge is -2.69. The van der Waals surface area contributed by atoms with E-state index in [1.807, 2.05) is 30.3 Å². The Kier molecular flexibility index (Phi) is 5.43. The summed E-state index contributed by atoms with van der Waals surface area (Å²) >= 11 is 7.92. The van der Waals surface area contributed by atoms with Crippen LogP contribution in [0.1, 0.15) is 73.3 Å². The van der Waals surface area contributed by atoms with Crippen LogP contribution in [-0.2, 0) is 0 Å². The summed E-state index contributed by atoms with van der Waals surface area (Å²) < 4.78 is -0.441. The first kappa shape index (κ1) is 22.4. The van der Waals surface area contributed by atoms with E-state index in [1.165, 1.54) is 0 Å². The Morgan fingerprint density at radius 2 is 1.31 bits per heavy atom. The van der Waals surface area contributed by atoms with E-state index in [-0.39, 0.29) is 10.8 Å². The average Bonchev–Trinajstić information content (AvgIpc) is 2.41. The second-order valence-electron chi connectivity index (χ2n) is 10.6. The van der Waals surface area contributed by atoms with Crippen molar-refractivity contribution >= 4 is 31.9 Å². The molecule has 0 radical (unpaired) electrons. The monoisotopic (exact) mass is 488 g/mol. The molecule has 1 aliphatic carbocycles. The third-order valence-electron chi connectivity index (χ3n) is 6.88. The molecular formula is C22H34Br2O2. The van der Waals surface area contributed by atoms with Crippen molar-refractivity contribution in [2.75, 3.05) is 0 Å². The second-order valence-corrected chi connectivity index (χ2v) is 14.3. The molecular weight excluding hydrogens is 456 g/mol. The van der Waals surface area contributed by atoms with E-state index in [1.54, 1.807) is 0 Å². The van der Waals surface area contributed by atoms with Crippen molar-refractivity contribution in [3.05, 3.63) is 35.9 Å². The number of aliphatic hydroxyl groups is 2. The molecule has 148 valence electrons. The maximum absolute atomic E-state index is 12.0. The van der Waals surface area contributed by atoms with Gasteiger partial charge in [-0.15, -0.1) is 0 Å². The number of hydrogen-bond donors (Lipinski definition) is 2. The molecule has 0 saturated heterocycles. The molecule has 1 saturated carbocycles. The number of hydrogen-bond acceptors (Lipinski definition) is 2. The Bertz CT molecular complexity index is 635. The lowest BCUT2D eigenvalue weighted by atomic mass is 9.41. The van der Waals surface area contributed by atoms with Crippen LogP contribution in [0.2, 0.25) is 0 Å². The van der Waals surface area contributed by atoms with Crippen LogP contribution >= 0.6 is 31.9 Å². The van der Waals surface area contributed by atoms with Gasteiger partial charge in [-0.2, -0.15) is 0 Å². The van der Waals surface area contributed by atoms with Gasteiger partial charge in [0.15, 0.2) is 5.79 Å². The van der Waals surface area contributed by atoms with Gasteiger partial charge in [-0.1, -0.05) is 118 Å². The zero-order valence-electron chi connectivity index (χ0n) is 17.3. The standard InChI is InChI=1S/C22H34Br2O2/c1-17(2,3)20(18(4,5)6)14-21(23,24)19(7,8)16(22(20,25)26)15-12-10-9-11-13-15/h9-13,16,25-26H,14H2,1-8H3. The van der Waals surface area contributed by atoms with E-state index < -0.39 is 25.8 Å². The second kappa shape index (κ2) is 6.30. The van der Waals surface area contributed by atoms with Gasteiger partial charge in [0, 0.05) is 16.7 Å². The van der Waals surface area contributed by atoms with Gasteiger partial charge in [-0.05, 0) is 22.8 Å². The lowest BCUT2D eigenvalue weighted by molar-refractivity contribution is -0.348. The van der Waals surface area contributed by atoms with Crippen molar-refractivity contribution in [1.29, 1.82) is 0 Å². The summed E-state index contributed by atoms with van der Waals surface area (Å²) in [7, 11) is 0. The minimum absolute atomic E-state index is 0.342. The number of benzene rings is 1. The van der Waals surface area contributed by atoms with Crippen LogP contribution in [-0.4, -0.2) is 19.2 Å². The Labute approximate surface area is 176 Å². The van der Waals surface area contributed by atoms with Crippen molar-refractivity contribution < 1.29 is 10.2 Å². The molecule has 1 aromatic rings. The molecule has 26 heavy (non-hydrogen) atoms. The molecule has 0 aliphatic heterocycles. The SMILES string of the molecule is CC(C)(C)C1(C(C)(C)C)CC(Br)(Br)C(C)(C)C(c2ccccc2)C1(O)O. The van der Waals surface area contributed by atoms with Crippen LogP contribution in [0.4, 0.5) is 0 Å². The Morgan fingerprint density at radius 3 is 1.69 bits per heavy atom. The van der Waals surface area contributed by atoms with Crippen molar-refractivity contribution in [2.45, 2.75) is 76.7 Å². The summed E-state index contributed by atoms with van der Waals surface area (Å²) in [6, 6.07) is 9.91. The van der Waals surface area contributed by atoms with Crippen LogP contribution in [0.15, 0.2) is 30.3 Å². The highest BCUT2D eigenvalue weighted by atomic mass is 79.9. The topological polar surface area (TPSA) is 40.5 Å². The van der Waals surface area contributed by atoms with E-state index in [0.29, 0.717) is 6.42 Å². The highest BCUT2D eigenvalue weighted by molar-refractivity contribution is 9.25. The van der Waals surface area contributed by atoms with Gasteiger partial charge in [0.05, 0.1) is 3.23 Å². The maximum Gasteiger partial charge on any atom is 0.176 e. The van der Waals surface area contributed by atoms with E-state index >= 15 is 0 Å². The first-order valence-electron chi connectivity index (χ1n) is 9.31. The van der Waals surface area contributed by atoms with Gasteiger partial charge in [0.1, 0.15) is 0 Å². The Morgan fingerprint density at radius 1 is 0.885 bits per heavy atom. The molecule has 2 rings (SSSR count). The molecule has 0 spiro atoms. The highest BCUT2D eigenvalue weighted by Crippen LogP contribution is 2.74. The zero-order valence-corrected chi connectivity index (χ0v) is 20.5. The molecule has 1 unspecified atom stereocenters. The van der Waals surface area contributed by atoms with Crippen molar-refractivity contribution in [1.82, 2.24) is 0 Å². The van der Waals surface area contributed by atoms with Crippen LogP contribution < -0.4 is 0 Å². The van der Waals surface area contributed by atoms with Gasteiger partial charge >= 0.3 is 0 Å². The summed E-state index contributed by atoms with van der Waals surface area (Å²) in [5.74, 6) is -2.36. The molecule has 0 bridgehead atoms. The van der Waals surface area contributed by atoms with Crippen molar-refractivity contribution in [3.63, 3.8) is 0 Å². The molecule has 1 aromatic carbocycles. The molecule has 0 heterocycles. The number of halogens is 2. The van der Waals surface area contributed by atoms with Crippen LogP contribution in [0, 0.1) is 21.7 Å². The summed E-state index contributed by atoms with van der Waals surface area (Å²) in [5, 5.41) is 23.9. The number of rotatable bonds is 1. The van der Waals surface area contributed by atoms with Crippen LogP contribution in [0.3, 0.4) is 0 Å². The Balaban J connectivity index is 2.91. The third kappa shape index (κ3) is 2.94. The zero-order chi connectivity index (χ0) is 20.4. The summed E-state index contributed by atoms with van der Waals surface area (Å²) in [4.78, 5) is 0. The molecule has 4 heteroatoms. The summed E-state index contributed by atoms with van der Waals surface area (Å²) in [5.41, 5.74) is -0.951. The smallest absolute Gasteiger partial charge is 0.176 e. The molecule has 2 N–H and O–H groups in total. The first-order chi connectivity index (χ1) is 11.4. The van der Waals surface area contributed by atoms with Gasteiger partial charge in [-0.3, -0.25) is 0 Å². The molecule has 2 nitrogen and oxygen atoms in total. The molecule has 0 aromatic heterocycles. The summed E-state index contributed by atoms with van der Waals surface area (Å²) in [6.45, 7) is 16.9. The van der Waals surface area contributed by atoms with Crippen LogP contribution in [0.25, 0.3) is 0 Å². The predicted molar refractivity (Wildman–Crippen MR) is 117 cm³/mol. The van der Waals surface area contributed by atoms with E-state index in [2.05, 4.69) is 87.2 Å². The lowest BCUT2D eigenvalue weighted by Crippen LogP contribution is -2.72. The fourth-order valence-corrected chi connectivity index (χ4v) is 7.00. The van der Waals surface area contributed by atoms with Gasteiger partial charge < -0.3 is 10.2 Å². The minimum atomic E-state index is -1.89. The quantitative estimate of drug-likeness (QED) is 0.351. The number of alkyl halides is 2. The van der Waals surface area contributed by atoms with Crippen molar-refractivity contribution in [3.8, 4) is 0 Å². The largest absolute Gasteiger partial charge is 0.365 e.